The predicted molar refractivity (Wildman–Crippen MR) is 79.5 cm³/mol. The maximum Gasteiger partial charge on any atom is 0.251 e. The van der Waals surface area contributed by atoms with Gasteiger partial charge in [-0.3, -0.25) is 4.79 Å². The second kappa shape index (κ2) is 7.02. The number of carbonyl (C=O) groups is 1. The number of benzene rings is 1. The van der Waals surface area contributed by atoms with Crippen LogP contribution in [-0.2, 0) is 13.1 Å². The maximum atomic E-state index is 12.0. The van der Waals surface area contributed by atoms with Crippen molar-refractivity contribution in [1.82, 2.24) is 10.6 Å². The van der Waals surface area contributed by atoms with Crippen LogP contribution in [0.5, 0.6) is 0 Å². The minimum absolute atomic E-state index is 0. The highest BCUT2D eigenvalue weighted by Gasteiger charge is 2.14. The number of hydrogen-bond acceptors (Lipinski definition) is 3. The van der Waals surface area contributed by atoms with Crippen molar-refractivity contribution in [2.45, 2.75) is 26.1 Å². The van der Waals surface area contributed by atoms with Crippen LogP contribution in [0.4, 0.5) is 0 Å². The Morgan fingerprint density at radius 3 is 2.89 bits per heavy atom. The number of nitrogens with one attached hydrogen (secondary N) is 2. The average Bonchev–Trinajstić information content (AvgIpc) is 2.75. The summed E-state index contributed by atoms with van der Waals surface area (Å²) < 4.78 is 0. The van der Waals surface area contributed by atoms with E-state index in [4.69, 9.17) is 0 Å². The summed E-state index contributed by atoms with van der Waals surface area (Å²) in [6, 6.07) is 6.16. The number of amides is 1. The van der Waals surface area contributed by atoms with Crippen molar-refractivity contribution < 1.29 is 4.79 Å². The van der Waals surface area contributed by atoms with E-state index in [1.165, 1.54) is 11.1 Å². The van der Waals surface area contributed by atoms with Gasteiger partial charge in [0.25, 0.3) is 5.91 Å². The molecule has 1 aromatic carbocycles. The van der Waals surface area contributed by atoms with E-state index in [0.717, 1.165) is 24.4 Å². The van der Waals surface area contributed by atoms with Gasteiger partial charge in [-0.15, -0.1) is 12.4 Å². The van der Waals surface area contributed by atoms with Crippen LogP contribution in [0.2, 0.25) is 0 Å². The lowest BCUT2D eigenvalue weighted by molar-refractivity contribution is 0.0943. The number of hydrogen-bond donors (Lipinski definition) is 2. The maximum absolute atomic E-state index is 12.0. The molecule has 18 heavy (non-hydrogen) atoms. The zero-order valence-corrected chi connectivity index (χ0v) is 12.3. The fraction of sp³-hybridized carbons (Fsp3) is 0.462. The fourth-order valence-corrected chi connectivity index (χ4v) is 2.62. The third-order valence-electron chi connectivity index (χ3n) is 2.89. The summed E-state index contributed by atoms with van der Waals surface area (Å²) in [5, 5.41) is 6.29. The fourth-order valence-electron chi connectivity index (χ4n) is 2.03. The minimum Gasteiger partial charge on any atom is -0.349 e. The van der Waals surface area contributed by atoms with Gasteiger partial charge in [0, 0.05) is 30.4 Å². The van der Waals surface area contributed by atoms with Crippen molar-refractivity contribution in [1.29, 1.82) is 0 Å². The largest absolute Gasteiger partial charge is 0.349 e. The highest BCUT2D eigenvalue weighted by atomic mass is 35.5. The summed E-state index contributed by atoms with van der Waals surface area (Å²) in [5.74, 6) is 0.972. The standard InChI is InChI=1S/C13H18N2OS.ClH/c1-9(8-17-2)15-13(16)10-3-4-11-6-14-7-12(11)5-10;/h3-5,9,14H,6-8H2,1-2H3,(H,15,16);1H. The van der Waals surface area contributed by atoms with E-state index >= 15 is 0 Å². The summed E-state index contributed by atoms with van der Waals surface area (Å²) in [5.41, 5.74) is 3.31. The summed E-state index contributed by atoms with van der Waals surface area (Å²) >= 11 is 1.74. The second-order valence-electron chi connectivity index (χ2n) is 4.42. The summed E-state index contributed by atoms with van der Waals surface area (Å²) in [4.78, 5) is 12.0. The molecule has 0 saturated carbocycles. The van der Waals surface area contributed by atoms with E-state index in [9.17, 15) is 4.79 Å². The first-order chi connectivity index (χ1) is 8.20. The Hall–Kier alpha value is -0.710. The van der Waals surface area contributed by atoms with E-state index in [1.54, 1.807) is 11.8 Å². The molecule has 1 aliphatic rings. The molecular formula is C13H19ClN2OS. The molecule has 1 aliphatic heterocycles. The molecule has 1 heterocycles. The predicted octanol–water partition coefficient (Wildman–Crippen LogP) is 2.19. The van der Waals surface area contributed by atoms with Gasteiger partial charge in [-0.2, -0.15) is 11.8 Å². The lowest BCUT2D eigenvalue weighted by Crippen LogP contribution is -2.34. The third-order valence-corrected chi connectivity index (χ3v) is 3.73. The lowest BCUT2D eigenvalue weighted by atomic mass is 10.1. The Labute approximate surface area is 119 Å². The van der Waals surface area contributed by atoms with Crippen LogP contribution in [0.15, 0.2) is 18.2 Å². The Morgan fingerprint density at radius 1 is 1.44 bits per heavy atom. The van der Waals surface area contributed by atoms with Crippen LogP contribution in [0.1, 0.15) is 28.4 Å². The van der Waals surface area contributed by atoms with Gasteiger partial charge < -0.3 is 10.6 Å². The quantitative estimate of drug-likeness (QED) is 0.891. The molecule has 0 spiro atoms. The van der Waals surface area contributed by atoms with Crippen LogP contribution in [0.3, 0.4) is 0 Å². The molecule has 0 radical (unpaired) electrons. The Kier molecular flexibility index (Phi) is 5.99. The summed E-state index contributed by atoms with van der Waals surface area (Å²) in [7, 11) is 0. The zero-order valence-electron chi connectivity index (χ0n) is 10.7. The van der Waals surface area contributed by atoms with Gasteiger partial charge >= 0.3 is 0 Å². The number of thioether (sulfide) groups is 1. The van der Waals surface area contributed by atoms with Crippen LogP contribution < -0.4 is 10.6 Å². The Balaban J connectivity index is 0.00000162. The molecule has 3 nitrogen and oxygen atoms in total. The van der Waals surface area contributed by atoms with Crippen molar-refractivity contribution in [2.24, 2.45) is 0 Å². The molecule has 2 rings (SSSR count). The molecule has 1 unspecified atom stereocenters. The van der Waals surface area contributed by atoms with Gasteiger partial charge in [0.15, 0.2) is 0 Å². The molecule has 0 aromatic heterocycles. The first kappa shape index (κ1) is 15.3. The van der Waals surface area contributed by atoms with Crippen LogP contribution in [0, 0.1) is 0 Å². The second-order valence-corrected chi connectivity index (χ2v) is 5.33. The number of rotatable bonds is 4. The average molecular weight is 287 g/mol. The molecule has 1 aromatic rings. The molecular weight excluding hydrogens is 268 g/mol. The number of halogens is 1. The van der Waals surface area contributed by atoms with Crippen molar-refractivity contribution in [3.05, 3.63) is 34.9 Å². The first-order valence-corrected chi connectivity index (χ1v) is 7.22. The number of fused-ring (bicyclic) bond motifs is 1. The third kappa shape index (κ3) is 3.64. The first-order valence-electron chi connectivity index (χ1n) is 5.83. The highest BCUT2D eigenvalue weighted by molar-refractivity contribution is 7.98. The lowest BCUT2D eigenvalue weighted by Gasteiger charge is -2.12. The Morgan fingerprint density at radius 2 is 2.17 bits per heavy atom. The van der Waals surface area contributed by atoms with E-state index in [0.29, 0.717) is 0 Å². The molecule has 5 heteroatoms. The summed E-state index contributed by atoms with van der Waals surface area (Å²) in [6.45, 7) is 3.82. The molecule has 0 aliphatic carbocycles. The minimum atomic E-state index is 0. The molecule has 1 atom stereocenters. The van der Waals surface area contributed by atoms with Crippen molar-refractivity contribution in [3.8, 4) is 0 Å². The van der Waals surface area contributed by atoms with Gasteiger partial charge in [0.1, 0.15) is 0 Å². The number of carbonyl (C=O) groups excluding carboxylic acids is 1. The van der Waals surface area contributed by atoms with Gasteiger partial charge in [-0.25, -0.2) is 0 Å². The monoisotopic (exact) mass is 286 g/mol. The molecule has 0 bridgehead atoms. The van der Waals surface area contributed by atoms with Gasteiger partial charge in [-0.1, -0.05) is 6.07 Å². The van der Waals surface area contributed by atoms with E-state index in [-0.39, 0.29) is 24.4 Å². The molecule has 1 amide bonds. The smallest absolute Gasteiger partial charge is 0.251 e. The van der Waals surface area contributed by atoms with Crippen LogP contribution >= 0.6 is 24.2 Å². The van der Waals surface area contributed by atoms with Gasteiger partial charge in [-0.05, 0) is 36.4 Å². The van der Waals surface area contributed by atoms with Gasteiger partial charge in [0.05, 0.1) is 0 Å². The van der Waals surface area contributed by atoms with Crippen LogP contribution in [0.25, 0.3) is 0 Å². The normalized spacial score (nSPS) is 14.6. The van der Waals surface area contributed by atoms with Gasteiger partial charge in [0.2, 0.25) is 0 Å². The molecule has 0 saturated heterocycles. The Bertz CT molecular complexity index is 425. The summed E-state index contributed by atoms with van der Waals surface area (Å²) in [6.07, 6.45) is 2.05. The molecule has 0 fully saturated rings. The highest BCUT2D eigenvalue weighted by Crippen LogP contribution is 2.17. The van der Waals surface area contributed by atoms with Crippen molar-refractivity contribution in [3.63, 3.8) is 0 Å². The van der Waals surface area contributed by atoms with Crippen LogP contribution in [-0.4, -0.2) is 24.0 Å². The molecule has 2 N–H and O–H groups in total. The van der Waals surface area contributed by atoms with Crippen molar-refractivity contribution in [2.75, 3.05) is 12.0 Å². The van der Waals surface area contributed by atoms with E-state index in [1.807, 2.05) is 31.4 Å². The van der Waals surface area contributed by atoms with E-state index < -0.39 is 0 Å². The zero-order chi connectivity index (χ0) is 12.3. The van der Waals surface area contributed by atoms with Crippen molar-refractivity contribution >= 4 is 30.1 Å². The topological polar surface area (TPSA) is 41.1 Å². The SMILES string of the molecule is CSCC(C)NC(=O)c1ccc2c(c1)CNC2.Cl. The molecule has 100 valence electrons. The van der Waals surface area contributed by atoms with E-state index in [2.05, 4.69) is 10.6 Å².